The average Bonchev–Trinajstić information content (AvgIpc) is 2.66. The van der Waals surface area contributed by atoms with Crippen LogP contribution in [0.5, 0.6) is 0 Å². The molecule has 27 heavy (non-hydrogen) atoms. The van der Waals surface area contributed by atoms with E-state index in [4.69, 9.17) is 0 Å². The van der Waals surface area contributed by atoms with E-state index in [9.17, 15) is 14.4 Å². The Hall–Kier alpha value is -2.93. The van der Waals surface area contributed by atoms with Gasteiger partial charge in [-0.15, -0.1) is 0 Å². The zero-order chi connectivity index (χ0) is 19.4. The number of thioether (sulfide) groups is 1. The third kappa shape index (κ3) is 4.25. The van der Waals surface area contributed by atoms with Crippen LogP contribution in [0.2, 0.25) is 0 Å². The molecule has 0 aliphatic carbocycles. The predicted molar refractivity (Wildman–Crippen MR) is 107 cm³/mol. The van der Waals surface area contributed by atoms with Gasteiger partial charge < -0.3 is 5.32 Å². The normalized spacial score (nSPS) is 10.7. The largest absolute Gasteiger partial charge is 0.326 e. The molecular formula is C20H19N3O3S. The first-order chi connectivity index (χ1) is 13.0. The second-order valence-electron chi connectivity index (χ2n) is 5.93. The molecule has 0 spiro atoms. The fraction of sp³-hybridized carbons (Fsp3) is 0.200. The monoisotopic (exact) mass is 381 g/mol. The summed E-state index contributed by atoms with van der Waals surface area (Å²) in [4.78, 5) is 40.7. The van der Waals surface area contributed by atoms with Gasteiger partial charge >= 0.3 is 0 Å². The van der Waals surface area contributed by atoms with Gasteiger partial charge in [0.25, 0.3) is 5.56 Å². The summed E-state index contributed by atoms with van der Waals surface area (Å²) >= 11 is 1.25. The topological polar surface area (TPSA) is 81.1 Å². The number of ketones is 1. The zero-order valence-corrected chi connectivity index (χ0v) is 15.9. The Morgan fingerprint density at radius 1 is 1.11 bits per heavy atom. The summed E-state index contributed by atoms with van der Waals surface area (Å²) in [5.41, 5.74) is 1.71. The van der Waals surface area contributed by atoms with Crippen LogP contribution < -0.4 is 10.9 Å². The number of amides is 1. The molecule has 0 radical (unpaired) electrons. The van der Waals surface area contributed by atoms with Gasteiger partial charge in [-0.1, -0.05) is 23.9 Å². The molecule has 6 nitrogen and oxygen atoms in total. The Morgan fingerprint density at radius 2 is 1.81 bits per heavy atom. The van der Waals surface area contributed by atoms with Gasteiger partial charge in [0.15, 0.2) is 10.9 Å². The number of fused-ring (bicyclic) bond motifs is 1. The van der Waals surface area contributed by atoms with Crippen LogP contribution >= 0.6 is 11.8 Å². The third-order valence-electron chi connectivity index (χ3n) is 4.00. The van der Waals surface area contributed by atoms with Crippen LogP contribution in [0.15, 0.2) is 58.5 Å². The van der Waals surface area contributed by atoms with E-state index >= 15 is 0 Å². The van der Waals surface area contributed by atoms with E-state index in [1.807, 2.05) is 19.1 Å². The summed E-state index contributed by atoms with van der Waals surface area (Å²) in [5.74, 6) is -0.0615. The first-order valence-corrected chi connectivity index (χ1v) is 9.51. The number of aromatic nitrogens is 2. The van der Waals surface area contributed by atoms with E-state index in [1.54, 1.807) is 41.0 Å². The van der Waals surface area contributed by atoms with Crippen LogP contribution in [-0.2, 0) is 11.3 Å². The van der Waals surface area contributed by atoms with Gasteiger partial charge in [0.2, 0.25) is 5.91 Å². The van der Waals surface area contributed by atoms with Crippen molar-refractivity contribution < 1.29 is 9.59 Å². The summed E-state index contributed by atoms with van der Waals surface area (Å²) in [7, 11) is 0. The minimum atomic E-state index is -0.162. The average molecular weight is 381 g/mol. The molecule has 138 valence electrons. The van der Waals surface area contributed by atoms with Gasteiger partial charge in [0.05, 0.1) is 16.7 Å². The van der Waals surface area contributed by atoms with Crippen molar-refractivity contribution >= 4 is 40.0 Å². The van der Waals surface area contributed by atoms with Crippen LogP contribution in [0.25, 0.3) is 10.9 Å². The fourth-order valence-electron chi connectivity index (χ4n) is 2.69. The molecule has 7 heteroatoms. The maximum Gasteiger partial charge on any atom is 0.262 e. The number of carbonyl (C=O) groups is 2. The molecule has 0 saturated heterocycles. The van der Waals surface area contributed by atoms with Crippen LogP contribution in [0, 0.1) is 0 Å². The highest BCUT2D eigenvalue weighted by molar-refractivity contribution is 7.99. The SMILES string of the molecule is CCn1c(SCC(=O)c2ccc(NC(C)=O)cc2)nc2ccccc2c1=O. The van der Waals surface area contributed by atoms with Crippen molar-refractivity contribution in [2.75, 3.05) is 11.1 Å². The molecular weight excluding hydrogens is 362 g/mol. The zero-order valence-electron chi connectivity index (χ0n) is 15.1. The van der Waals surface area contributed by atoms with Gasteiger partial charge in [0, 0.05) is 24.7 Å². The van der Waals surface area contributed by atoms with Gasteiger partial charge in [-0.2, -0.15) is 0 Å². The summed E-state index contributed by atoms with van der Waals surface area (Å²) in [6.07, 6.45) is 0. The number of hydrogen-bond donors (Lipinski definition) is 1. The molecule has 3 rings (SSSR count). The molecule has 2 aromatic carbocycles. The molecule has 1 N–H and O–H groups in total. The smallest absolute Gasteiger partial charge is 0.262 e. The van der Waals surface area contributed by atoms with E-state index in [1.165, 1.54) is 18.7 Å². The quantitative estimate of drug-likeness (QED) is 0.402. The van der Waals surface area contributed by atoms with E-state index in [0.717, 1.165) is 0 Å². The Labute approximate surface area is 160 Å². The first kappa shape index (κ1) is 18.8. The third-order valence-corrected chi connectivity index (χ3v) is 4.98. The number of Topliss-reactive ketones (excluding diaryl/α,β-unsaturated/α-hetero) is 1. The molecule has 3 aromatic rings. The lowest BCUT2D eigenvalue weighted by atomic mass is 10.1. The molecule has 0 atom stereocenters. The molecule has 0 saturated carbocycles. The van der Waals surface area contributed by atoms with E-state index in [-0.39, 0.29) is 23.0 Å². The highest BCUT2D eigenvalue weighted by atomic mass is 32.2. The molecule has 1 heterocycles. The van der Waals surface area contributed by atoms with Crippen molar-refractivity contribution in [1.29, 1.82) is 0 Å². The number of anilines is 1. The first-order valence-electron chi connectivity index (χ1n) is 8.53. The second kappa shape index (κ2) is 8.18. The Bertz CT molecular complexity index is 1060. The lowest BCUT2D eigenvalue weighted by Gasteiger charge is -2.11. The minimum Gasteiger partial charge on any atom is -0.326 e. The number of nitrogens with zero attached hydrogens (tertiary/aromatic N) is 2. The van der Waals surface area contributed by atoms with Crippen LogP contribution in [-0.4, -0.2) is 27.0 Å². The van der Waals surface area contributed by atoms with Crippen LogP contribution in [0.4, 0.5) is 5.69 Å². The Kier molecular flexibility index (Phi) is 5.71. The second-order valence-corrected chi connectivity index (χ2v) is 6.87. The van der Waals surface area contributed by atoms with Crippen molar-refractivity contribution in [2.24, 2.45) is 0 Å². The van der Waals surface area contributed by atoms with Gasteiger partial charge in [-0.25, -0.2) is 4.98 Å². The van der Waals surface area contributed by atoms with Crippen molar-refractivity contribution in [3.8, 4) is 0 Å². The van der Waals surface area contributed by atoms with Gasteiger partial charge in [-0.05, 0) is 43.3 Å². The number of nitrogens with one attached hydrogen (secondary N) is 1. The van der Waals surface area contributed by atoms with E-state index < -0.39 is 0 Å². The summed E-state index contributed by atoms with van der Waals surface area (Å²) in [6.45, 7) is 3.79. The van der Waals surface area contributed by atoms with Crippen LogP contribution in [0.3, 0.4) is 0 Å². The lowest BCUT2D eigenvalue weighted by molar-refractivity contribution is -0.114. The molecule has 1 aromatic heterocycles. The summed E-state index contributed by atoms with van der Waals surface area (Å²) in [5, 5.41) is 3.77. The number of hydrogen-bond acceptors (Lipinski definition) is 5. The number of carbonyl (C=O) groups excluding carboxylic acids is 2. The van der Waals surface area contributed by atoms with Crippen molar-refractivity contribution in [3.05, 3.63) is 64.4 Å². The Balaban J connectivity index is 1.79. The van der Waals surface area contributed by atoms with Crippen LogP contribution in [0.1, 0.15) is 24.2 Å². The van der Waals surface area contributed by atoms with E-state index in [2.05, 4.69) is 10.3 Å². The molecule has 0 aliphatic heterocycles. The molecule has 0 aliphatic rings. The predicted octanol–water partition coefficient (Wildman–Crippen LogP) is 3.35. The minimum absolute atomic E-state index is 0.0700. The standard InChI is InChI=1S/C20H19N3O3S/c1-3-23-19(26)16-6-4-5-7-17(16)22-20(23)27-12-18(25)14-8-10-15(11-9-14)21-13(2)24/h4-11H,3,12H2,1-2H3,(H,21,24). The highest BCUT2D eigenvalue weighted by Gasteiger charge is 2.13. The molecule has 0 fully saturated rings. The molecule has 0 unspecified atom stereocenters. The van der Waals surface area contributed by atoms with Crippen molar-refractivity contribution in [1.82, 2.24) is 9.55 Å². The van der Waals surface area contributed by atoms with Crippen molar-refractivity contribution in [2.45, 2.75) is 25.5 Å². The number of benzene rings is 2. The Morgan fingerprint density at radius 3 is 2.48 bits per heavy atom. The summed E-state index contributed by atoms with van der Waals surface area (Å²) < 4.78 is 1.58. The van der Waals surface area contributed by atoms with Gasteiger partial charge in [0.1, 0.15) is 0 Å². The van der Waals surface area contributed by atoms with E-state index in [0.29, 0.717) is 33.9 Å². The highest BCUT2D eigenvalue weighted by Crippen LogP contribution is 2.20. The maximum absolute atomic E-state index is 12.6. The summed E-state index contributed by atoms with van der Waals surface area (Å²) in [6, 6.07) is 13.9. The number of rotatable bonds is 6. The molecule has 0 bridgehead atoms. The lowest BCUT2D eigenvalue weighted by Crippen LogP contribution is -2.22. The fourth-order valence-corrected chi connectivity index (χ4v) is 3.65. The molecule has 1 amide bonds. The maximum atomic E-state index is 12.6. The van der Waals surface area contributed by atoms with Gasteiger partial charge in [-0.3, -0.25) is 19.0 Å². The number of para-hydroxylation sites is 1. The van der Waals surface area contributed by atoms with Crippen molar-refractivity contribution in [3.63, 3.8) is 0 Å².